The maximum Gasteiger partial charge on any atom is 0.275 e. The fourth-order valence-corrected chi connectivity index (χ4v) is 2.08. The van der Waals surface area contributed by atoms with Gasteiger partial charge in [0.05, 0.1) is 17.4 Å². The van der Waals surface area contributed by atoms with Gasteiger partial charge in [-0.25, -0.2) is 9.67 Å². The third kappa shape index (κ3) is 3.06. The second-order valence-corrected chi connectivity index (χ2v) is 4.84. The van der Waals surface area contributed by atoms with Gasteiger partial charge in [0.25, 0.3) is 5.91 Å². The van der Waals surface area contributed by atoms with Crippen LogP contribution in [0.2, 0.25) is 0 Å². The van der Waals surface area contributed by atoms with Crippen molar-refractivity contribution in [3.8, 4) is 11.8 Å². The van der Waals surface area contributed by atoms with Gasteiger partial charge in [-0.05, 0) is 30.7 Å². The number of rotatable bonds is 3. The average Bonchev–Trinajstić information content (AvgIpc) is 3.03. The molecule has 0 radical (unpaired) electrons. The molecule has 112 valence electrons. The van der Waals surface area contributed by atoms with Crippen molar-refractivity contribution < 1.29 is 4.79 Å². The monoisotopic (exact) mass is 304 g/mol. The van der Waals surface area contributed by atoms with Crippen LogP contribution >= 0.6 is 0 Å². The van der Waals surface area contributed by atoms with E-state index in [1.54, 1.807) is 23.9 Å². The van der Waals surface area contributed by atoms with Gasteiger partial charge in [-0.15, -0.1) is 5.10 Å². The van der Waals surface area contributed by atoms with Crippen molar-refractivity contribution >= 4 is 11.7 Å². The molecule has 0 aliphatic heterocycles. The van der Waals surface area contributed by atoms with Crippen molar-refractivity contribution in [2.75, 3.05) is 5.32 Å². The summed E-state index contributed by atoms with van der Waals surface area (Å²) in [6.45, 7) is 1.73. The molecule has 0 aliphatic carbocycles. The van der Waals surface area contributed by atoms with Crippen LogP contribution in [0.3, 0.4) is 0 Å². The maximum absolute atomic E-state index is 12.2. The molecular formula is C16H12N6O. The number of benzene rings is 1. The van der Waals surface area contributed by atoms with Gasteiger partial charge in [-0.1, -0.05) is 23.4 Å². The minimum atomic E-state index is -0.396. The molecule has 7 heteroatoms. The van der Waals surface area contributed by atoms with Crippen LogP contribution in [0.4, 0.5) is 5.82 Å². The number of carbonyl (C=O) groups excluding carboxylic acids is 1. The predicted octanol–water partition coefficient (Wildman–Crippen LogP) is 2.09. The third-order valence-corrected chi connectivity index (χ3v) is 3.18. The van der Waals surface area contributed by atoms with E-state index >= 15 is 0 Å². The Kier molecular flexibility index (Phi) is 3.80. The summed E-state index contributed by atoms with van der Waals surface area (Å²) in [6, 6.07) is 13.0. The lowest BCUT2D eigenvalue weighted by Gasteiger charge is -2.04. The molecule has 0 bridgehead atoms. The number of aromatic nitrogens is 4. The van der Waals surface area contributed by atoms with E-state index in [1.807, 2.05) is 36.4 Å². The summed E-state index contributed by atoms with van der Waals surface area (Å²) in [7, 11) is 0. The first-order chi connectivity index (χ1) is 11.2. The number of pyridine rings is 1. The van der Waals surface area contributed by atoms with Gasteiger partial charge in [0, 0.05) is 6.20 Å². The highest BCUT2D eigenvalue weighted by Gasteiger charge is 2.13. The lowest BCUT2D eigenvalue weighted by molar-refractivity contribution is 0.102. The first-order valence-corrected chi connectivity index (χ1v) is 6.83. The summed E-state index contributed by atoms with van der Waals surface area (Å²) >= 11 is 0. The minimum absolute atomic E-state index is 0.248. The van der Waals surface area contributed by atoms with Gasteiger partial charge >= 0.3 is 0 Å². The fourth-order valence-electron chi connectivity index (χ4n) is 2.08. The van der Waals surface area contributed by atoms with E-state index in [0.29, 0.717) is 16.9 Å². The van der Waals surface area contributed by atoms with Gasteiger partial charge in [0.2, 0.25) is 0 Å². The Morgan fingerprint density at radius 2 is 2.09 bits per heavy atom. The average molecular weight is 304 g/mol. The van der Waals surface area contributed by atoms with Gasteiger partial charge in [-0.2, -0.15) is 5.26 Å². The summed E-state index contributed by atoms with van der Waals surface area (Å²) in [5, 5.41) is 19.4. The van der Waals surface area contributed by atoms with Crippen LogP contribution in [-0.2, 0) is 0 Å². The lowest BCUT2D eigenvalue weighted by atomic mass is 10.1. The summed E-state index contributed by atoms with van der Waals surface area (Å²) in [5.41, 5.74) is 2.12. The first-order valence-electron chi connectivity index (χ1n) is 6.83. The number of anilines is 1. The molecule has 0 saturated carbocycles. The van der Waals surface area contributed by atoms with Crippen molar-refractivity contribution in [1.29, 1.82) is 5.26 Å². The zero-order valence-electron chi connectivity index (χ0n) is 12.3. The molecule has 0 spiro atoms. The molecule has 7 nitrogen and oxygen atoms in total. The number of aryl methyl sites for hydroxylation is 1. The van der Waals surface area contributed by atoms with Crippen LogP contribution in [0.25, 0.3) is 5.69 Å². The summed E-state index contributed by atoms with van der Waals surface area (Å²) in [6.07, 6.45) is 2.98. The number of hydrogen-bond acceptors (Lipinski definition) is 5. The Bertz CT molecular complexity index is 894. The third-order valence-electron chi connectivity index (χ3n) is 3.18. The number of nitriles is 1. The topological polar surface area (TPSA) is 96.5 Å². The van der Waals surface area contributed by atoms with Crippen LogP contribution in [-0.4, -0.2) is 25.9 Å². The van der Waals surface area contributed by atoms with Crippen LogP contribution in [0, 0.1) is 18.3 Å². The number of amides is 1. The van der Waals surface area contributed by atoms with E-state index < -0.39 is 5.91 Å². The zero-order chi connectivity index (χ0) is 16.2. The molecule has 0 unspecified atom stereocenters. The molecule has 0 aliphatic rings. The van der Waals surface area contributed by atoms with Gasteiger partial charge in [0.1, 0.15) is 11.8 Å². The number of nitrogens with zero attached hydrogens (tertiary/aromatic N) is 5. The predicted molar refractivity (Wildman–Crippen MR) is 83.0 cm³/mol. The SMILES string of the molecule is Cc1cc(C#N)cnc1C(=O)Nc1cn(-c2ccccc2)nn1. The fraction of sp³-hybridized carbons (Fsp3) is 0.0625. The minimum Gasteiger partial charge on any atom is -0.302 e. The van der Waals surface area contributed by atoms with Crippen LogP contribution in [0.15, 0.2) is 48.8 Å². The van der Waals surface area contributed by atoms with E-state index in [4.69, 9.17) is 5.26 Å². The quantitative estimate of drug-likeness (QED) is 0.799. The van der Waals surface area contributed by atoms with Crippen LogP contribution < -0.4 is 5.32 Å². The summed E-state index contributed by atoms with van der Waals surface area (Å²) in [5.74, 6) is -0.0727. The highest BCUT2D eigenvalue weighted by atomic mass is 16.2. The van der Waals surface area contributed by atoms with Crippen molar-refractivity contribution in [2.45, 2.75) is 6.92 Å². The molecule has 1 N–H and O–H groups in total. The Morgan fingerprint density at radius 3 is 2.78 bits per heavy atom. The van der Waals surface area contributed by atoms with Gasteiger partial charge in [-0.3, -0.25) is 4.79 Å². The van der Waals surface area contributed by atoms with E-state index in [1.165, 1.54) is 6.20 Å². The molecule has 2 aromatic heterocycles. The number of para-hydroxylation sites is 1. The molecule has 2 heterocycles. The molecule has 3 rings (SSSR count). The normalized spacial score (nSPS) is 10.1. The second-order valence-electron chi connectivity index (χ2n) is 4.84. The molecule has 0 fully saturated rings. The molecule has 1 aromatic carbocycles. The number of nitrogens with one attached hydrogen (secondary N) is 1. The molecule has 0 atom stereocenters. The highest BCUT2D eigenvalue weighted by Crippen LogP contribution is 2.12. The lowest BCUT2D eigenvalue weighted by Crippen LogP contribution is -2.15. The van der Waals surface area contributed by atoms with Crippen molar-refractivity contribution in [2.24, 2.45) is 0 Å². The maximum atomic E-state index is 12.2. The van der Waals surface area contributed by atoms with E-state index in [2.05, 4.69) is 20.6 Å². The standard InChI is InChI=1S/C16H12N6O/c1-11-7-12(8-17)9-18-15(11)16(23)19-14-10-22(21-20-14)13-5-3-2-4-6-13/h2-7,9-10H,1H3,(H,19,23). The molecule has 3 aromatic rings. The van der Waals surface area contributed by atoms with Gasteiger partial charge in [0.15, 0.2) is 5.82 Å². The Morgan fingerprint density at radius 1 is 1.30 bits per heavy atom. The Balaban J connectivity index is 1.79. The van der Waals surface area contributed by atoms with E-state index in [9.17, 15) is 4.79 Å². The van der Waals surface area contributed by atoms with Crippen molar-refractivity contribution in [3.05, 3.63) is 65.6 Å². The van der Waals surface area contributed by atoms with E-state index in [0.717, 1.165) is 5.69 Å². The van der Waals surface area contributed by atoms with Crippen molar-refractivity contribution in [1.82, 2.24) is 20.0 Å². The van der Waals surface area contributed by atoms with Gasteiger partial charge < -0.3 is 5.32 Å². The van der Waals surface area contributed by atoms with Crippen LogP contribution in [0.5, 0.6) is 0 Å². The largest absolute Gasteiger partial charge is 0.302 e. The smallest absolute Gasteiger partial charge is 0.275 e. The number of hydrogen-bond donors (Lipinski definition) is 1. The van der Waals surface area contributed by atoms with E-state index in [-0.39, 0.29) is 5.69 Å². The summed E-state index contributed by atoms with van der Waals surface area (Å²) in [4.78, 5) is 16.3. The molecule has 23 heavy (non-hydrogen) atoms. The molecule has 0 saturated heterocycles. The number of carbonyl (C=O) groups is 1. The second kappa shape index (κ2) is 6.07. The zero-order valence-corrected chi connectivity index (χ0v) is 12.3. The summed E-state index contributed by atoms with van der Waals surface area (Å²) < 4.78 is 1.56. The van der Waals surface area contributed by atoms with Crippen molar-refractivity contribution in [3.63, 3.8) is 0 Å². The Hall–Kier alpha value is -3.53. The molecular weight excluding hydrogens is 292 g/mol. The highest BCUT2D eigenvalue weighted by molar-refractivity contribution is 6.03. The van der Waals surface area contributed by atoms with Crippen LogP contribution in [0.1, 0.15) is 21.6 Å². The first kappa shape index (κ1) is 14.4. The Labute approximate surface area is 132 Å². The molecule has 1 amide bonds.